The van der Waals surface area contributed by atoms with Gasteiger partial charge in [-0.3, -0.25) is 9.20 Å². The third kappa shape index (κ3) is 5.12. The molecule has 0 atom stereocenters. The van der Waals surface area contributed by atoms with Gasteiger partial charge in [-0.15, -0.1) is 0 Å². The number of ketones is 1. The van der Waals surface area contributed by atoms with Crippen molar-refractivity contribution >= 4 is 22.8 Å². The zero-order chi connectivity index (χ0) is 24.1. The van der Waals surface area contributed by atoms with Gasteiger partial charge >= 0.3 is 0 Å². The van der Waals surface area contributed by atoms with Crippen LogP contribution in [0.4, 0.5) is 5.82 Å². The zero-order valence-corrected chi connectivity index (χ0v) is 19.8. The van der Waals surface area contributed by atoms with E-state index in [4.69, 9.17) is 15.5 Å². The van der Waals surface area contributed by atoms with Crippen LogP contribution in [0.15, 0.2) is 78.6 Å². The van der Waals surface area contributed by atoms with Crippen molar-refractivity contribution < 1.29 is 9.53 Å². The van der Waals surface area contributed by atoms with Gasteiger partial charge in [0, 0.05) is 24.0 Å². The molecule has 2 heterocycles. The molecule has 0 spiro atoms. The number of ether oxygens (including phenoxy) is 1. The first-order valence-electron chi connectivity index (χ1n) is 11.4. The number of nitrogens with zero attached hydrogens (tertiary/aromatic N) is 2. The minimum atomic E-state index is -0.0574. The van der Waals surface area contributed by atoms with E-state index < -0.39 is 0 Å². The molecule has 3 N–H and O–H groups in total. The van der Waals surface area contributed by atoms with Crippen LogP contribution >= 0.6 is 0 Å². The molecular weight excluding hydrogens is 424 g/mol. The summed E-state index contributed by atoms with van der Waals surface area (Å²) in [6, 6.07) is 22.2. The van der Waals surface area contributed by atoms with E-state index >= 15 is 0 Å². The van der Waals surface area contributed by atoms with Crippen LogP contribution in [-0.4, -0.2) is 22.3 Å². The number of carbonyl (C=O) groups is 1. The molecule has 6 nitrogen and oxygen atoms in total. The molecule has 34 heavy (non-hydrogen) atoms. The Balaban J connectivity index is 1.68. The van der Waals surface area contributed by atoms with E-state index in [0.29, 0.717) is 17.8 Å². The Bertz CT molecular complexity index is 1320. The lowest BCUT2D eigenvalue weighted by Crippen LogP contribution is -2.07. The SMILES string of the molecule is COc1ccc(CCc2nc3cc(C(C(C)=O)=C(C)N)ccn3c2NCc2ccccc2)cc1. The molecule has 0 unspecified atom stereocenters. The molecule has 0 radical (unpaired) electrons. The van der Waals surface area contributed by atoms with E-state index in [-0.39, 0.29) is 5.78 Å². The highest BCUT2D eigenvalue weighted by atomic mass is 16.5. The predicted molar refractivity (Wildman–Crippen MR) is 137 cm³/mol. The van der Waals surface area contributed by atoms with E-state index in [2.05, 4.69) is 29.6 Å². The number of nitrogens with two attached hydrogens (primary N) is 1. The number of hydrogen-bond acceptors (Lipinski definition) is 5. The first kappa shape index (κ1) is 23.1. The van der Waals surface area contributed by atoms with Gasteiger partial charge in [0.1, 0.15) is 17.2 Å². The Labute approximate surface area is 200 Å². The fourth-order valence-electron chi connectivity index (χ4n) is 4.16. The maximum absolute atomic E-state index is 12.2. The first-order chi connectivity index (χ1) is 16.5. The maximum atomic E-state index is 12.2. The largest absolute Gasteiger partial charge is 0.497 e. The molecule has 4 rings (SSSR count). The number of rotatable bonds is 9. The molecule has 0 amide bonds. The van der Waals surface area contributed by atoms with Crippen LogP contribution in [0.1, 0.15) is 36.2 Å². The highest BCUT2D eigenvalue weighted by molar-refractivity contribution is 6.20. The van der Waals surface area contributed by atoms with Crippen molar-refractivity contribution in [1.82, 2.24) is 9.38 Å². The number of aromatic nitrogens is 2. The third-order valence-electron chi connectivity index (χ3n) is 5.85. The van der Waals surface area contributed by atoms with Gasteiger partial charge in [0.25, 0.3) is 0 Å². The van der Waals surface area contributed by atoms with Crippen molar-refractivity contribution in [2.75, 3.05) is 12.4 Å². The zero-order valence-electron chi connectivity index (χ0n) is 19.8. The molecule has 6 heteroatoms. The Morgan fingerprint density at radius 3 is 2.38 bits per heavy atom. The Hall–Kier alpha value is -4.06. The van der Waals surface area contributed by atoms with Gasteiger partial charge in [0.05, 0.1) is 12.8 Å². The number of carbonyl (C=O) groups excluding carboxylic acids is 1. The van der Waals surface area contributed by atoms with Crippen LogP contribution in [0, 0.1) is 0 Å². The number of aryl methyl sites for hydroxylation is 2. The summed E-state index contributed by atoms with van der Waals surface area (Å²) < 4.78 is 7.31. The normalized spacial score (nSPS) is 11.9. The van der Waals surface area contributed by atoms with Crippen molar-refractivity contribution in [3.05, 3.63) is 101 Å². The van der Waals surface area contributed by atoms with Crippen LogP contribution in [-0.2, 0) is 24.2 Å². The average Bonchev–Trinajstić information content (AvgIpc) is 3.18. The standard InChI is InChI=1S/C28H30N4O2/c1-19(29)27(20(2)33)23-15-16-32-26(17-23)31-25(14-11-21-9-12-24(34-3)13-10-21)28(32)30-18-22-7-5-4-6-8-22/h4-10,12-13,15-17,30H,11,14,18,29H2,1-3H3. The Morgan fingerprint density at radius 1 is 1.00 bits per heavy atom. The van der Waals surface area contributed by atoms with Crippen molar-refractivity contribution in [2.24, 2.45) is 5.73 Å². The van der Waals surface area contributed by atoms with E-state index in [9.17, 15) is 4.79 Å². The Morgan fingerprint density at radius 2 is 1.74 bits per heavy atom. The van der Waals surface area contributed by atoms with E-state index in [1.165, 1.54) is 18.1 Å². The number of benzene rings is 2. The number of hydrogen-bond donors (Lipinski definition) is 2. The lowest BCUT2D eigenvalue weighted by molar-refractivity contribution is -0.111. The lowest BCUT2D eigenvalue weighted by Gasteiger charge is -2.11. The van der Waals surface area contributed by atoms with Crippen LogP contribution in [0.25, 0.3) is 11.2 Å². The summed E-state index contributed by atoms with van der Waals surface area (Å²) in [5, 5.41) is 3.58. The molecular formula is C28H30N4O2. The fraction of sp³-hybridized carbons (Fsp3) is 0.214. The highest BCUT2D eigenvalue weighted by Gasteiger charge is 2.16. The van der Waals surface area contributed by atoms with Gasteiger partial charge in [-0.2, -0.15) is 0 Å². The van der Waals surface area contributed by atoms with Gasteiger partial charge < -0.3 is 15.8 Å². The van der Waals surface area contributed by atoms with Crippen molar-refractivity contribution in [3.63, 3.8) is 0 Å². The van der Waals surface area contributed by atoms with E-state index in [1.54, 1.807) is 14.0 Å². The number of fused-ring (bicyclic) bond motifs is 1. The minimum absolute atomic E-state index is 0.0574. The monoisotopic (exact) mass is 454 g/mol. The second-order valence-electron chi connectivity index (χ2n) is 8.35. The summed E-state index contributed by atoms with van der Waals surface area (Å²) in [7, 11) is 1.67. The topological polar surface area (TPSA) is 81.6 Å². The average molecular weight is 455 g/mol. The number of pyridine rings is 1. The minimum Gasteiger partial charge on any atom is -0.497 e. The smallest absolute Gasteiger partial charge is 0.162 e. The van der Waals surface area contributed by atoms with Crippen molar-refractivity contribution in [3.8, 4) is 5.75 Å². The summed E-state index contributed by atoms with van der Waals surface area (Å²) >= 11 is 0. The molecule has 0 aliphatic rings. The van der Waals surface area contributed by atoms with Crippen LogP contribution in [0.2, 0.25) is 0 Å². The summed E-state index contributed by atoms with van der Waals surface area (Å²) in [5.74, 6) is 1.74. The molecule has 0 bridgehead atoms. The third-order valence-corrected chi connectivity index (χ3v) is 5.85. The van der Waals surface area contributed by atoms with Gasteiger partial charge in [-0.05, 0) is 67.6 Å². The number of methoxy groups -OCH3 is 1. The second-order valence-corrected chi connectivity index (χ2v) is 8.35. The van der Waals surface area contributed by atoms with Crippen molar-refractivity contribution in [1.29, 1.82) is 0 Å². The van der Waals surface area contributed by atoms with Gasteiger partial charge in [0.15, 0.2) is 5.78 Å². The molecule has 4 aromatic rings. The predicted octanol–water partition coefficient (Wildman–Crippen LogP) is 5.02. The van der Waals surface area contributed by atoms with Crippen molar-refractivity contribution in [2.45, 2.75) is 33.2 Å². The molecule has 0 fully saturated rings. The van der Waals surface area contributed by atoms with Gasteiger partial charge in [-0.1, -0.05) is 42.5 Å². The fourth-order valence-corrected chi connectivity index (χ4v) is 4.16. The van der Waals surface area contributed by atoms with E-state index in [0.717, 1.165) is 41.3 Å². The molecule has 0 aliphatic heterocycles. The van der Waals surface area contributed by atoms with Crippen LogP contribution in [0.5, 0.6) is 5.75 Å². The van der Waals surface area contributed by atoms with Crippen LogP contribution in [0.3, 0.4) is 0 Å². The highest BCUT2D eigenvalue weighted by Crippen LogP contribution is 2.25. The summed E-state index contributed by atoms with van der Waals surface area (Å²) in [6.45, 7) is 3.97. The number of allylic oxidation sites excluding steroid dienone is 2. The molecule has 0 saturated carbocycles. The van der Waals surface area contributed by atoms with Gasteiger partial charge in [-0.25, -0.2) is 4.98 Å². The van der Waals surface area contributed by atoms with E-state index in [1.807, 2.05) is 53.1 Å². The Kier molecular flexibility index (Phi) is 6.97. The number of anilines is 1. The lowest BCUT2D eigenvalue weighted by atomic mass is 10.0. The number of imidazole rings is 1. The van der Waals surface area contributed by atoms with Gasteiger partial charge in [0.2, 0.25) is 0 Å². The molecule has 0 aliphatic carbocycles. The summed E-state index contributed by atoms with van der Waals surface area (Å²) in [5.41, 5.74) is 12.0. The van der Waals surface area contributed by atoms with Crippen LogP contribution < -0.4 is 15.8 Å². The second kappa shape index (κ2) is 10.3. The summed E-state index contributed by atoms with van der Waals surface area (Å²) in [6.07, 6.45) is 3.57. The number of Topliss-reactive ketones (excluding diaryl/α,β-unsaturated/α-hetero) is 1. The first-order valence-corrected chi connectivity index (χ1v) is 11.4. The molecule has 2 aromatic carbocycles. The summed E-state index contributed by atoms with van der Waals surface area (Å²) in [4.78, 5) is 17.1. The molecule has 174 valence electrons. The molecule has 2 aromatic heterocycles. The molecule has 0 saturated heterocycles. The number of nitrogens with one attached hydrogen (secondary N) is 1. The maximum Gasteiger partial charge on any atom is 0.162 e. The quantitative estimate of drug-likeness (QED) is 0.347.